The number of carbonyl (C=O) groups is 3. The maximum absolute atomic E-state index is 11.8. The summed E-state index contributed by atoms with van der Waals surface area (Å²) in [7, 11) is 0. The van der Waals surface area contributed by atoms with Crippen LogP contribution in [0, 0.1) is 0 Å². The van der Waals surface area contributed by atoms with E-state index in [1.54, 1.807) is 31.2 Å². The fourth-order valence-electron chi connectivity index (χ4n) is 1.64. The summed E-state index contributed by atoms with van der Waals surface area (Å²) in [6.45, 7) is 1.14. The van der Waals surface area contributed by atoms with Crippen molar-refractivity contribution in [1.29, 1.82) is 0 Å². The smallest absolute Gasteiger partial charge is 0.413 e. The molecule has 8 nitrogen and oxygen atoms in total. The number of rotatable bonds is 4. The van der Waals surface area contributed by atoms with Gasteiger partial charge in [0.1, 0.15) is 0 Å². The zero-order valence-corrected chi connectivity index (χ0v) is 11.2. The molecule has 0 spiro atoms. The average Bonchev–Trinajstić information content (AvgIpc) is 2.89. The van der Waals surface area contributed by atoms with Gasteiger partial charge in [0.2, 0.25) is 0 Å². The number of nitrogens with zero attached hydrogens (tertiary/aromatic N) is 1. The summed E-state index contributed by atoms with van der Waals surface area (Å²) in [5, 5.41) is 9.02. The summed E-state index contributed by atoms with van der Waals surface area (Å²) >= 11 is 0. The molecular weight excluding hydrogens is 278 g/mol. The lowest BCUT2D eigenvalue weighted by Gasteiger charge is -2.04. The molecule has 0 aliphatic carbocycles. The number of hydrogen-bond donors (Lipinski definition) is 2. The van der Waals surface area contributed by atoms with E-state index in [4.69, 9.17) is 4.74 Å². The largest absolute Gasteiger partial charge is 0.451 e. The summed E-state index contributed by atoms with van der Waals surface area (Å²) in [4.78, 5) is 34.2. The minimum atomic E-state index is -0.885. The molecule has 0 fully saturated rings. The van der Waals surface area contributed by atoms with Crippen molar-refractivity contribution < 1.29 is 23.9 Å². The standard InChI is InChI=1S/C13H13N3O5/c1-2-20-13(19)14-10(17)7-21-12(18)11-8-5-3-4-6-9(8)15-16-11/h3-6H,2,7H2,1H3,(H,15,16)(H,14,17,19). The molecule has 1 aromatic heterocycles. The van der Waals surface area contributed by atoms with Gasteiger partial charge in [0, 0.05) is 5.39 Å². The Bertz CT molecular complexity index is 679. The highest BCUT2D eigenvalue weighted by molar-refractivity contribution is 6.02. The van der Waals surface area contributed by atoms with E-state index in [1.165, 1.54) is 0 Å². The number of ether oxygens (including phenoxy) is 2. The van der Waals surface area contributed by atoms with Crippen molar-refractivity contribution in [3.63, 3.8) is 0 Å². The molecule has 0 radical (unpaired) electrons. The first-order valence-electron chi connectivity index (χ1n) is 6.18. The van der Waals surface area contributed by atoms with Gasteiger partial charge in [-0.25, -0.2) is 9.59 Å². The topological polar surface area (TPSA) is 110 Å². The second kappa shape index (κ2) is 6.51. The average molecular weight is 291 g/mol. The molecule has 8 heteroatoms. The number of aromatic nitrogens is 2. The fourth-order valence-corrected chi connectivity index (χ4v) is 1.64. The van der Waals surface area contributed by atoms with E-state index in [0.717, 1.165) is 0 Å². The van der Waals surface area contributed by atoms with Gasteiger partial charge in [0.25, 0.3) is 5.91 Å². The Balaban J connectivity index is 1.93. The fraction of sp³-hybridized carbons (Fsp3) is 0.231. The second-order valence-corrected chi connectivity index (χ2v) is 3.96. The molecule has 0 atom stereocenters. The number of carbonyl (C=O) groups excluding carboxylic acids is 3. The molecule has 2 aromatic rings. The van der Waals surface area contributed by atoms with E-state index in [9.17, 15) is 14.4 Å². The normalized spacial score (nSPS) is 10.1. The van der Waals surface area contributed by atoms with Crippen molar-refractivity contribution >= 4 is 28.9 Å². The maximum Gasteiger partial charge on any atom is 0.413 e. The van der Waals surface area contributed by atoms with Gasteiger partial charge in [0.05, 0.1) is 12.1 Å². The number of aromatic amines is 1. The number of benzene rings is 1. The van der Waals surface area contributed by atoms with Crippen molar-refractivity contribution in [2.45, 2.75) is 6.92 Å². The Morgan fingerprint density at radius 2 is 2.00 bits per heavy atom. The highest BCUT2D eigenvalue weighted by Gasteiger charge is 2.17. The van der Waals surface area contributed by atoms with Gasteiger partial charge in [-0.15, -0.1) is 0 Å². The van der Waals surface area contributed by atoms with Gasteiger partial charge in [-0.2, -0.15) is 5.10 Å². The van der Waals surface area contributed by atoms with E-state index < -0.39 is 24.6 Å². The van der Waals surface area contributed by atoms with Crippen LogP contribution >= 0.6 is 0 Å². The zero-order chi connectivity index (χ0) is 15.2. The Morgan fingerprint density at radius 3 is 2.76 bits per heavy atom. The van der Waals surface area contributed by atoms with Crippen molar-refractivity contribution in [2.75, 3.05) is 13.2 Å². The lowest BCUT2D eigenvalue weighted by molar-refractivity contribution is -0.123. The van der Waals surface area contributed by atoms with Crippen LogP contribution in [0.2, 0.25) is 0 Å². The van der Waals surface area contributed by atoms with Gasteiger partial charge in [-0.1, -0.05) is 18.2 Å². The van der Waals surface area contributed by atoms with Crippen LogP contribution in [-0.4, -0.2) is 41.4 Å². The molecule has 0 aliphatic heterocycles. The van der Waals surface area contributed by atoms with E-state index in [1.807, 2.05) is 5.32 Å². The Labute approximate surface area is 119 Å². The molecule has 0 unspecified atom stereocenters. The molecule has 0 aliphatic rings. The molecular formula is C13H13N3O5. The van der Waals surface area contributed by atoms with E-state index in [2.05, 4.69) is 14.9 Å². The van der Waals surface area contributed by atoms with Crippen LogP contribution in [0.3, 0.4) is 0 Å². The van der Waals surface area contributed by atoms with Crippen molar-refractivity contribution in [1.82, 2.24) is 15.5 Å². The van der Waals surface area contributed by atoms with Gasteiger partial charge in [0.15, 0.2) is 12.3 Å². The minimum Gasteiger partial charge on any atom is -0.451 e. The molecule has 2 amide bonds. The number of H-pyrrole nitrogens is 1. The van der Waals surface area contributed by atoms with Gasteiger partial charge >= 0.3 is 12.1 Å². The van der Waals surface area contributed by atoms with Gasteiger partial charge in [-0.3, -0.25) is 15.2 Å². The second-order valence-electron chi connectivity index (χ2n) is 3.96. The van der Waals surface area contributed by atoms with Gasteiger partial charge in [-0.05, 0) is 13.0 Å². The molecule has 2 rings (SSSR count). The van der Waals surface area contributed by atoms with E-state index in [-0.39, 0.29) is 12.3 Å². The number of esters is 1. The Kier molecular flexibility index (Phi) is 4.50. The SMILES string of the molecule is CCOC(=O)NC(=O)COC(=O)c1n[nH]c2ccccc12. The number of fused-ring (bicyclic) bond motifs is 1. The summed E-state index contributed by atoms with van der Waals surface area (Å²) in [5.41, 5.74) is 0.759. The minimum absolute atomic E-state index is 0.0783. The molecule has 0 saturated heterocycles. The predicted molar refractivity (Wildman–Crippen MR) is 71.5 cm³/mol. The number of amides is 2. The number of hydrogen-bond acceptors (Lipinski definition) is 6. The summed E-state index contributed by atoms with van der Waals surface area (Å²) < 4.78 is 9.31. The number of para-hydroxylation sites is 1. The van der Waals surface area contributed by atoms with Crippen molar-refractivity contribution in [3.8, 4) is 0 Å². The molecule has 1 heterocycles. The van der Waals surface area contributed by atoms with Crippen molar-refractivity contribution in [3.05, 3.63) is 30.0 Å². The Hall–Kier alpha value is -2.90. The van der Waals surface area contributed by atoms with Crippen LogP contribution in [-0.2, 0) is 14.3 Å². The molecule has 110 valence electrons. The van der Waals surface area contributed by atoms with Crippen LogP contribution in [0.25, 0.3) is 10.9 Å². The highest BCUT2D eigenvalue weighted by Crippen LogP contribution is 2.15. The maximum atomic E-state index is 11.8. The molecule has 0 saturated carbocycles. The molecule has 21 heavy (non-hydrogen) atoms. The third kappa shape index (κ3) is 3.56. The first-order chi connectivity index (χ1) is 10.1. The number of alkyl carbamates (subject to hydrolysis) is 1. The monoisotopic (exact) mass is 291 g/mol. The molecule has 1 aromatic carbocycles. The van der Waals surface area contributed by atoms with Gasteiger partial charge < -0.3 is 9.47 Å². The quantitative estimate of drug-likeness (QED) is 0.813. The third-order valence-electron chi connectivity index (χ3n) is 2.51. The summed E-state index contributed by atoms with van der Waals surface area (Å²) in [5.74, 6) is -1.53. The van der Waals surface area contributed by atoms with Crippen LogP contribution in [0.5, 0.6) is 0 Å². The third-order valence-corrected chi connectivity index (χ3v) is 2.51. The van der Waals surface area contributed by atoms with Crippen molar-refractivity contribution in [2.24, 2.45) is 0 Å². The first-order valence-corrected chi connectivity index (χ1v) is 6.18. The van der Waals surface area contributed by atoms with E-state index in [0.29, 0.717) is 10.9 Å². The lowest BCUT2D eigenvalue weighted by Crippen LogP contribution is -2.34. The summed E-state index contributed by atoms with van der Waals surface area (Å²) in [6.07, 6.45) is -0.885. The molecule has 2 N–H and O–H groups in total. The highest BCUT2D eigenvalue weighted by atomic mass is 16.6. The van der Waals surface area contributed by atoms with Crippen LogP contribution < -0.4 is 5.32 Å². The van der Waals surface area contributed by atoms with Crippen LogP contribution in [0.4, 0.5) is 4.79 Å². The van der Waals surface area contributed by atoms with E-state index >= 15 is 0 Å². The first kappa shape index (κ1) is 14.5. The number of nitrogens with one attached hydrogen (secondary N) is 2. The number of imide groups is 1. The Morgan fingerprint density at radius 1 is 1.24 bits per heavy atom. The lowest BCUT2D eigenvalue weighted by atomic mass is 10.2. The zero-order valence-electron chi connectivity index (χ0n) is 11.2. The predicted octanol–water partition coefficient (Wildman–Crippen LogP) is 0.992. The molecule has 0 bridgehead atoms. The van der Waals surface area contributed by atoms with Crippen LogP contribution in [0.15, 0.2) is 24.3 Å². The van der Waals surface area contributed by atoms with Crippen LogP contribution in [0.1, 0.15) is 17.4 Å². The summed E-state index contributed by atoms with van der Waals surface area (Å²) in [6, 6.07) is 7.01.